The fourth-order valence-corrected chi connectivity index (χ4v) is 2.44. The molecule has 19 heavy (non-hydrogen) atoms. The summed E-state index contributed by atoms with van der Waals surface area (Å²) in [5.74, 6) is 1.03. The minimum Gasteiger partial charge on any atom is -0.488 e. The number of hydrogen-bond acceptors (Lipinski definition) is 3. The third-order valence-corrected chi connectivity index (χ3v) is 3.37. The van der Waals surface area contributed by atoms with Crippen LogP contribution in [0, 0.1) is 0 Å². The van der Waals surface area contributed by atoms with Gasteiger partial charge in [-0.1, -0.05) is 25.1 Å². The molecule has 1 N–H and O–H groups in total. The lowest BCUT2D eigenvalue weighted by molar-refractivity contribution is 0.209. The Bertz CT molecular complexity index is 525. The molecule has 0 radical (unpaired) electrons. The van der Waals surface area contributed by atoms with E-state index in [2.05, 4.69) is 40.1 Å². The molecule has 3 rings (SSSR count). The van der Waals surface area contributed by atoms with Crippen LogP contribution in [0.2, 0.25) is 0 Å². The quantitative estimate of drug-likeness (QED) is 0.890. The molecule has 0 saturated carbocycles. The lowest BCUT2D eigenvalue weighted by Crippen LogP contribution is -2.20. The van der Waals surface area contributed by atoms with Gasteiger partial charge >= 0.3 is 0 Å². The van der Waals surface area contributed by atoms with Gasteiger partial charge in [0.15, 0.2) is 0 Å². The summed E-state index contributed by atoms with van der Waals surface area (Å²) >= 11 is 0. The van der Waals surface area contributed by atoms with Gasteiger partial charge in [0.2, 0.25) is 0 Å². The average Bonchev–Trinajstić information content (AvgIpc) is 3.02. The molecule has 0 fully saturated rings. The topological polar surface area (TPSA) is 39.1 Å². The number of nitrogens with zero attached hydrogens (tertiary/aromatic N) is 2. The molecular weight excluding hydrogens is 238 g/mol. The first-order chi connectivity index (χ1) is 9.35. The van der Waals surface area contributed by atoms with Crippen molar-refractivity contribution in [3.8, 4) is 5.75 Å². The fraction of sp³-hybridized carbons (Fsp3) is 0.400. The Hall–Kier alpha value is -1.81. The van der Waals surface area contributed by atoms with E-state index in [9.17, 15) is 0 Å². The van der Waals surface area contributed by atoms with E-state index in [0.29, 0.717) is 0 Å². The summed E-state index contributed by atoms with van der Waals surface area (Å²) in [5, 5.41) is 3.28. The first-order valence-corrected chi connectivity index (χ1v) is 6.81. The monoisotopic (exact) mass is 257 g/mol. The highest BCUT2D eigenvalue weighted by atomic mass is 16.5. The normalized spacial score (nSPS) is 17.2. The van der Waals surface area contributed by atoms with E-state index in [1.807, 2.05) is 18.5 Å². The van der Waals surface area contributed by atoms with Crippen LogP contribution < -0.4 is 10.1 Å². The molecule has 4 heteroatoms. The van der Waals surface area contributed by atoms with E-state index in [4.69, 9.17) is 4.74 Å². The van der Waals surface area contributed by atoms with Crippen LogP contribution in [-0.4, -0.2) is 22.2 Å². The molecule has 1 aromatic heterocycles. The van der Waals surface area contributed by atoms with Gasteiger partial charge in [-0.05, 0) is 18.2 Å². The van der Waals surface area contributed by atoms with Crippen LogP contribution in [0.25, 0.3) is 0 Å². The largest absolute Gasteiger partial charge is 0.488 e. The molecule has 1 atom stereocenters. The molecule has 0 spiro atoms. The van der Waals surface area contributed by atoms with Gasteiger partial charge in [-0.3, -0.25) is 0 Å². The van der Waals surface area contributed by atoms with Gasteiger partial charge in [-0.15, -0.1) is 0 Å². The zero-order valence-corrected chi connectivity index (χ0v) is 11.2. The Balaban J connectivity index is 1.60. The van der Waals surface area contributed by atoms with E-state index in [1.165, 1.54) is 5.56 Å². The maximum absolute atomic E-state index is 5.94. The Kier molecular flexibility index (Phi) is 3.51. The molecule has 0 bridgehead atoms. The second kappa shape index (κ2) is 5.45. The molecule has 100 valence electrons. The molecule has 0 aliphatic carbocycles. The molecule has 0 saturated heterocycles. The van der Waals surface area contributed by atoms with Crippen LogP contribution in [0.15, 0.2) is 36.8 Å². The van der Waals surface area contributed by atoms with Gasteiger partial charge in [0, 0.05) is 19.2 Å². The highest BCUT2D eigenvalue weighted by Gasteiger charge is 2.22. The maximum Gasteiger partial charge on any atom is 0.123 e. The number of fused-ring (bicyclic) bond motifs is 1. The number of hydrogen-bond donors (Lipinski definition) is 1. The molecular formula is C15H19N3O. The Morgan fingerprint density at radius 3 is 3.16 bits per heavy atom. The molecule has 1 unspecified atom stereocenters. The summed E-state index contributed by atoms with van der Waals surface area (Å²) in [7, 11) is 0. The smallest absolute Gasteiger partial charge is 0.123 e. The molecule has 2 heterocycles. The third-order valence-electron chi connectivity index (χ3n) is 3.37. The standard InChI is InChI=1S/C15H19N3O/c1-2-16-8-13-9-18(11-17-13)10-14-7-12-5-3-4-6-15(12)19-14/h3-6,9,11,14,16H,2,7-8,10H2,1H3. The van der Waals surface area contributed by atoms with Crippen molar-refractivity contribution in [1.29, 1.82) is 0 Å². The lowest BCUT2D eigenvalue weighted by Gasteiger charge is -2.10. The van der Waals surface area contributed by atoms with Crippen LogP contribution in [0.3, 0.4) is 0 Å². The van der Waals surface area contributed by atoms with Gasteiger partial charge in [-0.25, -0.2) is 4.98 Å². The Morgan fingerprint density at radius 1 is 1.42 bits per heavy atom. The summed E-state index contributed by atoms with van der Waals surface area (Å²) in [4.78, 5) is 4.39. The summed E-state index contributed by atoms with van der Waals surface area (Å²) < 4.78 is 8.05. The maximum atomic E-state index is 5.94. The molecule has 2 aromatic rings. The van der Waals surface area contributed by atoms with E-state index in [-0.39, 0.29) is 6.10 Å². The summed E-state index contributed by atoms with van der Waals surface area (Å²) in [6.45, 7) is 4.75. The van der Waals surface area contributed by atoms with Crippen LogP contribution in [-0.2, 0) is 19.5 Å². The van der Waals surface area contributed by atoms with Crippen molar-refractivity contribution >= 4 is 0 Å². The second-order valence-corrected chi connectivity index (χ2v) is 4.89. The average molecular weight is 257 g/mol. The summed E-state index contributed by atoms with van der Waals surface area (Å²) in [5.41, 5.74) is 2.39. The molecule has 4 nitrogen and oxygen atoms in total. The number of imidazole rings is 1. The summed E-state index contributed by atoms with van der Waals surface area (Å²) in [6, 6.07) is 8.27. The highest BCUT2D eigenvalue weighted by molar-refractivity contribution is 5.37. The fourth-order valence-electron chi connectivity index (χ4n) is 2.44. The van der Waals surface area contributed by atoms with Crippen molar-refractivity contribution in [3.05, 3.63) is 48.0 Å². The number of nitrogens with one attached hydrogen (secondary N) is 1. The van der Waals surface area contributed by atoms with Crippen molar-refractivity contribution in [1.82, 2.24) is 14.9 Å². The van der Waals surface area contributed by atoms with Crippen molar-refractivity contribution in [3.63, 3.8) is 0 Å². The number of rotatable bonds is 5. The van der Waals surface area contributed by atoms with E-state index in [1.54, 1.807) is 0 Å². The van der Waals surface area contributed by atoms with Crippen LogP contribution in [0.5, 0.6) is 5.75 Å². The van der Waals surface area contributed by atoms with Gasteiger partial charge < -0.3 is 14.6 Å². The summed E-state index contributed by atoms with van der Waals surface area (Å²) in [6.07, 6.45) is 5.18. The number of para-hydroxylation sites is 1. The van der Waals surface area contributed by atoms with Crippen molar-refractivity contribution < 1.29 is 4.74 Å². The SMILES string of the molecule is CCNCc1cn(CC2Cc3ccccc3O2)cn1. The van der Waals surface area contributed by atoms with Crippen LogP contribution in [0.4, 0.5) is 0 Å². The number of ether oxygens (including phenoxy) is 1. The highest BCUT2D eigenvalue weighted by Crippen LogP contribution is 2.28. The lowest BCUT2D eigenvalue weighted by atomic mass is 10.1. The van der Waals surface area contributed by atoms with Crippen molar-refractivity contribution in [2.45, 2.75) is 32.5 Å². The zero-order chi connectivity index (χ0) is 13.1. The van der Waals surface area contributed by atoms with Crippen molar-refractivity contribution in [2.24, 2.45) is 0 Å². The Morgan fingerprint density at radius 2 is 2.32 bits per heavy atom. The van der Waals surface area contributed by atoms with Gasteiger partial charge in [0.05, 0.1) is 18.6 Å². The van der Waals surface area contributed by atoms with Gasteiger partial charge in [0.25, 0.3) is 0 Å². The van der Waals surface area contributed by atoms with E-state index in [0.717, 1.165) is 37.5 Å². The third kappa shape index (κ3) is 2.79. The first-order valence-electron chi connectivity index (χ1n) is 6.81. The Labute approximate surface area is 113 Å². The molecule has 1 aliphatic heterocycles. The van der Waals surface area contributed by atoms with Gasteiger partial charge in [-0.2, -0.15) is 0 Å². The minimum absolute atomic E-state index is 0.221. The number of aromatic nitrogens is 2. The predicted molar refractivity (Wildman–Crippen MR) is 74.2 cm³/mol. The molecule has 1 aromatic carbocycles. The number of benzene rings is 1. The first kappa shape index (κ1) is 12.2. The van der Waals surface area contributed by atoms with Gasteiger partial charge in [0.1, 0.15) is 11.9 Å². The zero-order valence-electron chi connectivity index (χ0n) is 11.2. The molecule has 1 aliphatic rings. The molecule has 0 amide bonds. The van der Waals surface area contributed by atoms with Crippen LogP contribution >= 0.6 is 0 Å². The minimum atomic E-state index is 0.221. The van der Waals surface area contributed by atoms with E-state index >= 15 is 0 Å². The van der Waals surface area contributed by atoms with E-state index < -0.39 is 0 Å². The van der Waals surface area contributed by atoms with Crippen molar-refractivity contribution in [2.75, 3.05) is 6.54 Å². The predicted octanol–water partition coefficient (Wildman–Crippen LogP) is 2.00. The van der Waals surface area contributed by atoms with Crippen LogP contribution in [0.1, 0.15) is 18.2 Å². The second-order valence-electron chi connectivity index (χ2n) is 4.89.